The number of ether oxygens (including phenoxy) is 1. The minimum absolute atomic E-state index is 0.105. The molecule has 0 heterocycles. The number of aliphatic carboxylic acids is 1. The number of hydrogen-bond acceptors (Lipinski definition) is 3. The van der Waals surface area contributed by atoms with Crippen LogP contribution in [0.4, 0.5) is 5.69 Å². The van der Waals surface area contributed by atoms with Crippen LogP contribution in [-0.4, -0.2) is 29.7 Å². The molecule has 0 radical (unpaired) electrons. The van der Waals surface area contributed by atoms with Gasteiger partial charge in [0, 0.05) is 12.8 Å². The highest BCUT2D eigenvalue weighted by molar-refractivity contribution is 5.93. The van der Waals surface area contributed by atoms with Gasteiger partial charge in [0.1, 0.15) is 0 Å². The van der Waals surface area contributed by atoms with Crippen LogP contribution in [0.2, 0.25) is 0 Å². The summed E-state index contributed by atoms with van der Waals surface area (Å²) in [5.41, 5.74) is 0.838. The largest absolute Gasteiger partial charge is 0.481 e. The zero-order chi connectivity index (χ0) is 14.6. The summed E-state index contributed by atoms with van der Waals surface area (Å²) >= 11 is 0. The lowest BCUT2D eigenvalue weighted by Crippen LogP contribution is -2.42. The monoisotopic (exact) mass is 277 g/mol. The predicted molar refractivity (Wildman–Crippen MR) is 74.6 cm³/mol. The van der Waals surface area contributed by atoms with Crippen LogP contribution in [0.5, 0.6) is 0 Å². The molecule has 1 aliphatic rings. The molecule has 1 amide bonds. The lowest BCUT2D eigenvalue weighted by molar-refractivity contribution is -0.136. The molecular formula is C15H19NO4. The number of hydrogen-bond donors (Lipinski definition) is 2. The second kappa shape index (κ2) is 6.05. The number of carbonyl (C=O) groups is 2. The van der Waals surface area contributed by atoms with Crippen LogP contribution in [0.1, 0.15) is 31.2 Å². The maximum atomic E-state index is 12.1. The average Bonchev–Trinajstić information content (AvgIpc) is 2.36. The van der Waals surface area contributed by atoms with E-state index in [2.05, 4.69) is 5.32 Å². The zero-order valence-corrected chi connectivity index (χ0v) is 11.5. The van der Waals surface area contributed by atoms with Crippen molar-refractivity contribution >= 4 is 17.6 Å². The quantitative estimate of drug-likeness (QED) is 0.836. The first-order chi connectivity index (χ1) is 9.54. The van der Waals surface area contributed by atoms with Gasteiger partial charge in [-0.3, -0.25) is 9.59 Å². The summed E-state index contributed by atoms with van der Waals surface area (Å²) in [4.78, 5) is 22.9. The molecule has 2 rings (SSSR count). The van der Waals surface area contributed by atoms with Crippen molar-refractivity contribution in [2.75, 3.05) is 12.4 Å². The Morgan fingerprint density at radius 3 is 2.60 bits per heavy atom. The molecule has 1 fully saturated rings. The van der Waals surface area contributed by atoms with Crippen molar-refractivity contribution in [3.63, 3.8) is 0 Å². The Balaban J connectivity index is 2.02. The number of para-hydroxylation sites is 1. The van der Waals surface area contributed by atoms with E-state index >= 15 is 0 Å². The Morgan fingerprint density at radius 2 is 2.05 bits per heavy atom. The van der Waals surface area contributed by atoms with E-state index < -0.39 is 5.97 Å². The van der Waals surface area contributed by atoms with Crippen LogP contribution in [-0.2, 0) is 20.7 Å². The number of carbonyl (C=O) groups excluding carboxylic acids is 1. The van der Waals surface area contributed by atoms with Crippen LogP contribution >= 0.6 is 0 Å². The normalized spacial score (nSPS) is 16.2. The molecule has 5 heteroatoms. The number of amides is 1. The standard InChI is InChI=1S/C15H19NO4/c1-20-15(7-4-8-15)10-13(17)16-12-6-3-2-5-11(12)9-14(18)19/h2-3,5-6H,4,7-10H2,1H3,(H,16,17)(H,18,19). The second-order valence-corrected chi connectivity index (χ2v) is 5.19. The maximum Gasteiger partial charge on any atom is 0.307 e. The Bertz CT molecular complexity index is 503. The summed E-state index contributed by atoms with van der Waals surface area (Å²) in [6.07, 6.45) is 3.08. The first-order valence-corrected chi connectivity index (χ1v) is 6.69. The number of methoxy groups -OCH3 is 1. The second-order valence-electron chi connectivity index (χ2n) is 5.19. The number of anilines is 1. The first-order valence-electron chi connectivity index (χ1n) is 6.69. The number of carboxylic acids is 1. The van der Waals surface area contributed by atoms with Crippen LogP contribution in [0.15, 0.2) is 24.3 Å². The molecule has 0 unspecified atom stereocenters. The summed E-state index contributed by atoms with van der Waals surface area (Å²) < 4.78 is 5.42. The number of benzene rings is 1. The van der Waals surface area contributed by atoms with E-state index in [4.69, 9.17) is 9.84 Å². The Kier molecular flexibility index (Phi) is 4.39. The van der Waals surface area contributed by atoms with Gasteiger partial charge in [-0.05, 0) is 30.9 Å². The number of carboxylic acid groups (broad SMARTS) is 1. The maximum absolute atomic E-state index is 12.1. The summed E-state index contributed by atoms with van der Waals surface area (Å²) in [6, 6.07) is 6.96. The van der Waals surface area contributed by atoms with Crippen molar-refractivity contribution in [3.8, 4) is 0 Å². The van der Waals surface area contributed by atoms with Gasteiger partial charge in [-0.2, -0.15) is 0 Å². The molecule has 1 saturated carbocycles. The Labute approximate surface area is 117 Å². The third-order valence-electron chi connectivity index (χ3n) is 3.81. The van der Waals surface area contributed by atoms with Gasteiger partial charge in [0.2, 0.25) is 5.91 Å². The van der Waals surface area contributed by atoms with Crippen molar-refractivity contribution in [3.05, 3.63) is 29.8 Å². The fraction of sp³-hybridized carbons (Fsp3) is 0.467. The third-order valence-corrected chi connectivity index (χ3v) is 3.81. The molecule has 0 bridgehead atoms. The molecular weight excluding hydrogens is 258 g/mol. The first kappa shape index (κ1) is 14.5. The van der Waals surface area contributed by atoms with Crippen molar-refractivity contribution in [2.45, 2.75) is 37.7 Å². The topological polar surface area (TPSA) is 75.6 Å². The lowest BCUT2D eigenvalue weighted by Gasteiger charge is -2.39. The van der Waals surface area contributed by atoms with Gasteiger partial charge < -0.3 is 15.2 Å². The van der Waals surface area contributed by atoms with Crippen LogP contribution < -0.4 is 5.32 Å². The van der Waals surface area contributed by atoms with Crippen LogP contribution in [0.25, 0.3) is 0 Å². The van der Waals surface area contributed by atoms with Gasteiger partial charge in [-0.15, -0.1) is 0 Å². The Morgan fingerprint density at radius 1 is 1.35 bits per heavy atom. The van der Waals surface area contributed by atoms with E-state index in [0.717, 1.165) is 19.3 Å². The van der Waals surface area contributed by atoms with E-state index in [9.17, 15) is 9.59 Å². The SMILES string of the molecule is COC1(CC(=O)Nc2ccccc2CC(=O)O)CCC1. The Hall–Kier alpha value is -1.88. The fourth-order valence-electron chi connectivity index (χ4n) is 2.47. The zero-order valence-electron chi connectivity index (χ0n) is 11.5. The average molecular weight is 277 g/mol. The molecule has 1 aromatic carbocycles. The van der Waals surface area contributed by atoms with E-state index in [1.54, 1.807) is 31.4 Å². The van der Waals surface area contributed by atoms with Gasteiger partial charge in [0.05, 0.1) is 18.4 Å². The van der Waals surface area contributed by atoms with Crippen molar-refractivity contribution in [1.29, 1.82) is 0 Å². The van der Waals surface area contributed by atoms with Crippen molar-refractivity contribution < 1.29 is 19.4 Å². The highest BCUT2D eigenvalue weighted by atomic mass is 16.5. The lowest BCUT2D eigenvalue weighted by atomic mass is 9.77. The van der Waals surface area contributed by atoms with Gasteiger partial charge in [-0.1, -0.05) is 18.2 Å². The number of rotatable bonds is 6. The highest BCUT2D eigenvalue weighted by Crippen LogP contribution is 2.38. The summed E-state index contributed by atoms with van der Waals surface area (Å²) in [6.45, 7) is 0. The van der Waals surface area contributed by atoms with E-state index in [-0.39, 0.29) is 17.9 Å². The van der Waals surface area contributed by atoms with E-state index in [1.165, 1.54) is 0 Å². The summed E-state index contributed by atoms with van der Waals surface area (Å²) in [5, 5.41) is 11.7. The predicted octanol–water partition coefficient (Wildman–Crippen LogP) is 2.21. The smallest absolute Gasteiger partial charge is 0.307 e. The van der Waals surface area contributed by atoms with Crippen LogP contribution in [0, 0.1) is 0 Å². The molecule has 0 spiro atoms. The minimum atomic E-state index is -0.918. The third kappa shape index (κ3) is 3.36. The molecule has 108 valence electrons. The van der Waals surface area contributed by atoms with Gasteiger partial charge in [-0.25, -0.2) is 0 Å². The highest BCUT2D eigenvalue weighted by Gasteiger charge is 2.39. The molecule has 20 heavy (non-hydrogen) atoms. The molecule has 0 aromatic heterocycles. The van der Waals surface area contributed by atoms with Crippen molar-refractivity contribution in [1.82, 2.24) is 0 Å². The molecule has 0 aliphatic heterocycles. The van der Waals surface area contributed by atoms with Crippen LogP contribution in [0.3, 0.4) is 0 Å². The van der Waals surface area contributed by atoms with Gasteiger partial charge in [0.25, 0.3) is 0 Å². The summed E-state index contributed by atoms with van der Waals surface area (Å²) in [7, 11) is 1.63. The molecule has 2 N–H and O–H groups in total. The number of nitrogens with one attached hydrogen (secondary N) is 1. The summed E-state index contributed by atoms with van der Waals surface area (Å²) in [5.74, 6) is -1.05. The van der Waals surface area contributed by atoms with Crippen molar-refractivity contribution in [2.24, 2.45) is 0 Å². The molecule has 1 aliphatic carbocycles. The molecule has 0 saturated heterocycles. The van der Waals surface area contributed by atoms with Gasteiger partial charge >= 0.3 is 5.97 Å². The van der Waals surface area contributed by atoms with Gasteiger partial charge in [0.15, 0.2) is 0 Å². The fourth-order valence-corrected chi connectivity index (χ4v) is 2.47. The molecule has 5 nitrogen and oxygen atoms in total. The molecule has 0 atom stereocenters. The molecule has 1 aromatic rings. The van der Waals surface area contributed by atoms with E-state index in [1.807, 2.05) is 0 Å². The minimum Gasteiger partial charge on any atom is -0.481 e. The van der Waals surface area contributed by atoms with E-state index in [0.29, 0.717) is 17.7 Å².